The van der Waals surface area contributed by atoms with Gasteiger partial charge in [-0.2, -0.15) is 5.10 Å². The van der Waals surface area contributed by atoms with E-state index in [0.717, 1.165) is 25.8 Å². The highest BCUT2D eigenvalue weighted by molar-refractivity contribution is 6.29. The van der Waals surface area contributed by atoms with Crippen LogP contribution in [0.1, 0.15) is 42.2 Å². The van der Waals surface area contributed by atoms with E-state index in [-0.39, 0.29) is 17.2 Å². The number of unbranched alkanes of at least 4 members (excludes halogenated alkanes) is 2. The highest BCUT2D eigenvalue weighted by atomic mass is 35.5. The fraction of sp³-hybridized carbons (Fsp3) is 0.438. The van der Waals surface area contributed by atoms with E-state index in [1.54, 1.807) is 13.1 Å². The summed E-state index contributed by atoms with van der Waals surface area (Å²) in [7, 11) is 0. The molecule has 0 spiro atoms. The highest BCUT2D eigenvalue weighted by Crippen LogP contribution is 2.26. The largest absolute Gasteiger partial charge is 0.456 e. The third-order valence-corrected chi connectivity index (χ3v) is 3.65. The first-order valence-electron chi connectivity index (χ1n) is 7.57. The number of pyridine rings is 1. The molecule has 2 rings (SSSR count). The van der Waals surface area contributed by atoms with E-state index >= 15 is 0 Å². The predicted molar refractivity (Wildman–Crippen MR) is 91.5 cm³/mol. The minimum Gasteiger partial charge on any atom is -0.456 e. The second-order valence-corrected chi connectivity index (χ2v) is 5.93. The molecule has 2 N–H and O–H groups in total. The van der Waals surface area contributed by atoms with Gasteiger partial charge in [0.15, 0.2) is 5.65 Å². The Kier molecular flexibility index (Phi) is 5.60. The number of fused-ring (bicyclic) bond motifs is 1. The molecule has 0 radical (unpaired) electrons. The lowest BCUT2D eigenvalue weighted by atomic mass is 10.1. The molecular formula is C16H21ClN4O2. The summed E-state index contributed by atoms with van der Waals surface area (Å²) in [6.45, 7) is 8.07. The number of carbonyl (C=O) groups excluding carboxylic acids is 1. The summed E-state index contributed by atoms with van der Waals surface area (Å²) in [5, 5.41) is 5.23. The van der Waals surface area contributed by atoms with E-state index in [4.69, 9.17) is 22.1 Å². The van der Waals surface area contributed by atoms with E-state index in [2.05, 4.69) is 23.6 Å². The Morgan fingerprint density at radius 1 is 1.48 bits per heavy atom. The molecule has 0 aliphatic rings. The van der Waals surface area contributed by atoms with E-state index in [1.165, 1.54) is 0 Å². The van der Waals surface area contributed by atoms with Crippen LogP contribution in [0.15, 0.2) is 17.8 Å². The molecule has 0 aliphatic carbocycles. The van der Waals surface area contributed by atoms with Crippen LogP contribution in [0.25, 0.3) is 11.0 Å². The lowest BCUT2D eigenvalue weighted by molar-refractivity contribution is 0.0546. The van der Waals surface area contributed by atoms with E-state index < -0.39 is 5.97 Å². The fourth-order valence-electron chi connectivity index (χ4n) is 2.38. The van der Waals surface area contributed by atoms with Gasteiger partial charge < -0.3 is 10.5 Å². The molecule has 23 heavy (non-hydrogen) atoms. The van der Waals surface area contributed by atoms with E-state index in [9.17, 15) is 4.79 Å². The average Bonchev–Trinajstić information content (AvgIpc) is 2.89. The van der Waals surface area contributed by atoms with Gasteiger partial charge in [0.05, 0.1) is 23.0 Å². The molecular weight excluding hydrogens is 316 g/mol. The summed E-state index contributed by atoms with van der Waals surface area (Å²) in [6.07, 6.45) is 4.92. The number of aromatic nitrogens is 3. The number of halogens is 1. The molecule has 0 aromatic carbocycles. The number of carbonyl (C=O) groups is 1. The fourth-order valence-corrected chi connectivity index (χ4v) is 2.43. The lowest BCUT2D eigenvalue weighted by Crippen LogP contribution is -2.13. The number of rotatable bonds is 7. The summed E-state index contributed by atoms with van der Waals surface area (Å²) in [5.74, 6) is -0.560. The molecule has 0 atom stereocenters. The van der Waals surface area contributed by atoms with Crippen molar-refractivity contribution in [3.8, 4) is 0 Å². The van der Waals surface area contributed by atoms with Crippen LogP contribution in [-0.2, 0) is 11.3 Å². The quantitative estimate of drug-likeness (QED) is 0.618. The summed E-state index contributed by atoms with van der Waals surface area (Å²) in [5.41, 5.74) is 7.93. The molecule has 6 nitrogen and oxygen atoms in total. The molecule has 2 heterocycles. The standard InChI is InChI=1S/C16H21ClN4O2/c1-4-5-6-7-21-15-12(8-19-21)14(18)13(11(3)20-15)16(22)23-9-10(2)17/h8H,2,4-7,9H2,1,3H3,(H2,18,20). The van der Waals surface area contributed by atoms with Crippen molar-refractivity contribution in [2.75, 3.05) is 12.3 Å². The Morgan fingerprint density at radius 3 is 2.87 bits per heavy atom. The molecule has 0 amide bonds. The maximum absolute atomic E-state index is 12.2. The molecule has 0 saturated heterocycles. The summed E-state index contributed by atoms with van der Waals surface area (Å²) in [4.78, 5) is 16.7. The SMILES string of the molecule is C=C(Cl)COC(=O)c1c(C)nc2c(cnn2CCCCC)c1N. The van der Waals surface area contributed by atoms with Crippen molar-refractivity contribution >= 4 is 34.3 Å². The van der Waals surface area contributed by atoms with Crippen LogP contribution >= 0.6 is 11.6 Å². The van der Waals surface area contributed by atoms with Crippen molar-refractivity contribution in [3.05, 3.63) is 29.1 Å². The zero-order chi connectivity index (χ0) is 17.0. The normalized spacial score (nSPS) is 10.9. The minimum absolute atomic E-state index is 0.0619. The van der Waals surface area contributed by atoms with Gasteiger partial charge in [0.25, 0.3) is 0 Å². The molecule has 0 bridgehead atoms. The number of hydrogen-bond donors (Lipinski definition) is 1. The first-order chi connectivity index (χ1) is 11.0. The third kappa shape index (κ3) is 3.82. The van der Waals surface area contributed by atoms with Crippen molar-refractivity contribution in [1.29, 1.82) is 0 Å². The monoisotopic (exact) mass is 336 g/mol. The number of nitrogen functional groups attached to an aromatic ring is 1. The van der Waals surface area contributed by atoms with Crippen molar-refractivity contribution in [3.63, 3.8) is 0 Å². The van der Waals surface area contributed by atoms with Crippen molar-refractivity contribution in [1.82, 2.24) is 14.8 Å². The van der Waals surface area contributed by atoms with Gasteiger partial charge in [-0.15, -0.1) is 0 Å². The molecule has 0 fully saturated rings. The number of ether oxygens (including phenoxy) is 1. The molecule has 7 heteroatoms. The Labute approximate surface area is 140 Å². The second-order valence-electron chi connectivity index (χ2n) is 5.39. The van der Waals surface area contributed by atoms with Crippen LogP contribution in [0, 0.1) is 6.92 Å². The number of esters is 1. The smallest absolute Gasteiger partial charge is 0.342 e. The zero-order valence-corrected chi connectivity index (χ0v) is 14.2. The number of hydrogen-bond acceptors (Lipinski definition) is 5. The summed E-state index contributed by atoms with van der Waals surface area (Å²) >= 11 is 5.62. The van der Waals surface area contributed by atoms with Crippen LogP contribution in [0.2, 0.25) is 0 Å². The number of anilines is 1. The molecule has 0 saturated carbocycles. The van der Waals surface area contributed by atoms with Crippen LogP contribution in [-0.4, -0.2) is 27.3 Å². The van der Waals surface area contributed by atoms with Gasteiger partial charge in [-0.3, -0.25) is 0 Å². The van der Waals surface area contributed by atoms with Gasteiger partial charge in [-0.25, -0.2) is 14.5 Å². The first kappa shape index (κ1) is 17.3. The lowest BCUT2D eigenvalue weighted by Gasteiger charge is -2.10. The van der Waals surface area contributed by atoms with Gasteiger partial charge in [-0.05, 0) is 13.3 Å². The van der Waals surface area contributed by atoms with Gasteiger partial charge in [0.1, 0.15) is 12.2 Å². The molecule has 0 unspecified atom stereocenters. The van der Waals surface area contributed by atoms with Gasteiger partial charge in [-0.1, -0.05) is 37.9 Å². The Bertz CT molecular complexity index is 739. The second kappa shape index (κ2) is 7.46. The third-order valence-electron chi connectivity index (χ3n) is 3.54. The zero-order valence-electron chi connectivity index (χ0n) is 13.4. The molecule has 0 aliphatic heterocycles. The Morgan fingerprint density at radius 2 is 2.22 bits per heavy atom. The van der Waals surface area contributed by atoms with Crippen LogP contribution in [0.4, 0.5) is 5.69 Å². The van der Waals surface area contributed by atoms with Crippen LogP contribution in [0.5, 0.6) is 0 Å². The first-order valence-corrected chi connectivity index (χ1v) is 7.95. The van der Waals surface area contributed by atoms with Gasteiger partial charge in [0.2, 0.25) is 0 Å². The van der Waals surface area contributed by atoms with E-state index in [1.807, 2.05) is 4.68 Å². The minimum atomic E-state index is -0.560. The van der Waals surface area contributed by atoms with Gasteiger partial charge >= 0.3 is 5.97 Å². The summed E-state index contributed by atoms with van der Waals surface area (Å²) in [6, 6.07) is 0. The maximum Gasteiger partial charge on any atom is 0.342 e. The Hall–Kier alpha value is -2.08. The van der Waals surface area contributed by atoms with Gasteiger partial charge in [0, 0.05) is 11.6 Å². The molecule has 2 aromatic heterocycles. The van der Waals surface area contributed by atoms with E-state index in [0.29, 0.717) is 22.4 Å². The van der Waals surface area contributed by atoms with Crippen molar-refractivity contribution in [2.45, 2.75) is 39.7 Å². The Balaban J connectivity index is 2.34. The number of aryl methyl sites for hydroxylation is 2. The van der Waals surface area contributed by atoms with Crippen LogP contribution in [0.3, 0.4) is 0 Å². The molecule has 2 aromatic rings. The van der Waals surface area contributed by atoms with Crippen molar-refractivity contribution < 1.29 is 9.53 Å². The number of nitrogens with two attached hydrogens (primary N) is 1. The topological polar surface area (TPSA) is 83.0 Å². The summed E-state index contributed by atoms with van der Waals surface area (Å²) < 4.78 is 6.89. The average molecular weight is 337 g/mol. The molecule has 124 valence electrons. The predicted octanol–water partition coefficient (Wildman–Crippen LogP) is 3.42. The highest BCUT2D eigenvalue weighted by Gasteiger charge is 2.20. The van der Waals surface area contributed by atoms with Crippen molar-refractivity contribution in [2.24, 2.45) is 0 Å². The number of nitrogens with zero attached hydrogens (tertiary/aromatic N) is 3. The van der Waals surface area contributed by atoms with Crippen LogP contribution < -0.4 is 5.73 Å². The maximum atomic E-state index is 12.2.